The molecule has 0 fully saturated rings. The third kappa shape index (κ3) is 3.78. The fraction of sp³-hybridized carbons (Fsp3) is 0.0870. The van der Waals surface area contributed by atoms with Crippen LogP contribution in [0.15, 0.2) is 82.3 Å². The highest BCUT2D eigenvalue weighted by Gasteiger charge is 2.25. The van der Waals surface area contributed by atoms with Crippen molar-refractivity contribution in [1.29, 1.82) is 0 Å². The first-order chi connectivity index (χ1) is 15.9. The summed E-state index contributed by atoms with van der Waals surface area (Å²) < 4.78 is 29.2. The Labute approximate surface area is 198 Å². The number of sulfone groups is 1. The third-order valence-corrected chi connectivity index (χ3v) is 8.20. The van der Waals surface area contributed by atoms with E-state index in [1.54, 1.807) is 37.3 Å². The van der Waals surface area contributed by atoms with Gasteiger partial charge in [0, 0.05) is 22.3 Å². The number of fused-ring (bicyclic) bond motifs is 1. The van der Waals surface area contributed by atoms with E-state index in [1.165, 1.54) is 32.7 Å². The van der Waals surface area contributed by atoms with Gasteiger partial charge in [-0.3, -0.25) is 13.8 Å². The number of rotatable bonds is 5. The summed E-state index contributed by atoms with van der Waals surface area (Å²) in [6.45, 7) is 1.80. The van der Waals surface area contributed by atoms with Gasteiger partial charge in [-0.15, -0.1) is 21.5 Å². The normalized spacial score (nSPS) is 11.8. The number of hydrogen-bond donors (Lipinski definition) is 0. The molecule has 0 unspecified atom stereocenters. The maximum atomic E-state index is 13.3. The second-order valence-electron chi connectivity index (χ2n) is 7.43. The average molecular weight is 497 g/mol. The quantitative estimate of drug-likeness (QED) is 0.356. The molecule has 0 aliphatic carbocycles. The summed E-state index contributed by atoms with van der Waals surface area (Å²) in [5, 5.41) is 9.98. The summed E-state index contributed by atoms with van der Waals surface area (Å²) in [5.74, 6) is -0.266. The summed E-state index contributed by atoms with van der Waals surface area (Å²) in [7, 11) is -3.89. The molecule has 0 aliphatic rings. The van der Waals surface area contributed by atoms with Crippen LogP contribution in [-0.4, -0.2) is 27.6 Å². The van der Waals surface area contributed by atoms with Crippen LogP contribution >= 0.6 is 22.9 Å². The molecule has 2 aromatic carbocycles. The Kier molecular flexibility index (Phi) is 5.40. The molecule has 3 heterocycles. The zero-order valence-electron chi connectivity index (χ0n) is 17.3. The average Bonchev–Trinajstić information content (AvgIpc) is 3.47. The van der Waals surface area contributed by atoms with Gasteiger partial charge in [0.2, 0.25) is 15.5 Å². The first-order valence-electron chi connectivity index (χ1n) is 9.93. The van der Waals surface area contributed by atoms with Crippen LogP contribution in [0.1, 0.15) is 11.1 Å². The second kappa shape index (κ2) is 8.26. The van der Waals surface area contributed by atoms with E-state index in [0.29, 0.717) is 16.3 Å². The molecule has 0 saturated carbocycles. The molecule has 166 valence electrons. The minimum absolute atomic E-state index is 0.0815. The maximum Gasteiger partial charge on any atom is 0.300 e. The van der Waals surface area contributed by atoms with Crippen molar-refractivity contribution in [3.63, 3.8) is 0 Å². The Hall–Kier alpha value is -3.27. The van der Waals surface area contributed by atoms with E-state index in [0.717, 1.165) is 16.0 Å². The predicted molar refractivity (Wildman–Crippen MR) is 129 cm³/mol. The zero-order chi connectivity index (χ0) is 23.2. The van der Waals surface area contributed by atoms with Crippen molar-refractivity contribution < 1.29 is 8.42 Å². The zero-order valence-corrected chi connectivity index (χ0v) is 19.7. The molecule has 7 nitrogen and oxygen atoms in total. The van der Waals surface area contributed by atoms with E-state index in [2.05, 4.69) is 10.2 Å². The van der Waals surface area contributed by atoms with Crippen molar-refractivity contribution in [1.82, 2.24) is 19.2 Å². The van der Waals surface area contributed by atoms with Crippen LogP contribution in [0.5, 0.6) is 0 Å². The van der Waals surface area contributed by atoms with Gasteiger partial charge in [-0.2, -0.15) is 0 Å². The minimum atomic E-state index is -3.89. The molecule has 0 bridgehead atoms. The number of hydrogen-bond acceptors (Lipinski definition) is 6. The van der Waals surface area contributed by atoms with Crippen LogP contribution in [0.25, 0.3) is 21.8 Å². The Morgan fingerprint density at radius 1 is 1.00 bits per heavy atom. The highest BCUT2D eigenvalue weighted by molar-refractivity contribution is 7.90. The highest BCUT2D eigenvalue weighted by Crippen LogP contribution is 2.30. The van der Waals surface area contributed by atoms with E-state index in [1.807, 2.05) is 29.6 Å². The van der Waals surface area contributed by atoms with Gasteiger partial charge in [0.05, 0.1) is 11.4 Å². The van der Waals surface area contributed by atoms with Crippen LogP contribution in [0.4, 0.5) is 0 Å². The Morgan fingerprint density at radius 2 is 1.82 bits per heavy atom. The van der Waals surface area contributed by atoms with E-state index in [9.17, 15) is 13.2 Å². The molecule has 0 saturated heterocycles. The van der Waals surface area contributed by atoms with Gasteiger partial charge in [-0.25, -0.2) is 8.42 Å². The van der Waals surface area contributed by atoms with Crippen molar-refractivity contribution in [2.75, 3.05) is 0 Å². The monoisotopic (exact) mass is 496 g/mol. The van der Waals surface area contributed by atoms with Gasteiger partial charge >= 0.3 is 5.56 Å². The van der Waals surface area contributed by atoms with Crippen LogP contribution in [0.3, 0.4) is 0 Å². The van der Waals surface area contributed by atoms with Gasteiger partial charge in [0.15, 0.2) is 0 Å². The topological polar surface area (TPSA) is 86.3 Å². The molecule has 0 radical (unpaired) electrons. The van der Waals surface area contributed by atoms with Gasteiger partial charge < -0.3 is 0 Å². The van der Waals surface area contributed by atoms with Crippen molar-refractivity contribution in [3.8, 4) is 16.1 Å². The smallest absolute Gasteiger partial charge is 0.279 e. The lowest BCUT2D eigenvalue weighted by atomic mass is 10.1. The summed E-state index contributed by atoms with van der Waals surface area (Å²) >= 11 is 7.74. The van der Waals surface area contributed by atoms with Crippen LogP contribution in [0.2, 0.25) is 5.02 Å². The standard InChI is InChI=1S/C23H17ClN4O3S2/c1-15-18(24)8-4-9-19(15)27-11-12-28-21(22(27)29)25-26-23(28)33(30,31)14-16-6-2-3-7-17(16)20-10-5-13-32-20/h2-13H,14H2,1H3. The molecule has 5 aromatic rings. The van der Waals surface area contributed by atoms with Gasteiger partial charge in [-0.05, 0) is 47.2 Å². The summed E-state index contributed by atoms with van der Waals surface area (Å²) in [6.07, 6.45) is 2.98. The Balaban J connectivity index is 1.58. The summed E-state index contributed by atoms with van der Waals surface area (Å²) in [5.41, 5.74) is 2.25. The molecule has 0 amide bonds. The molecule has 10 heteroatoms. The lowest BCUT2D eigenvalue weighted by molar-refractivity contribution is 0.584. The number of aromatic nitrogens is 4. The van der Waals surface area contributed by atoms with Crippen molar-refractivity contribution >= 4 is 38.4 Å². The van der Waals surface area contributed by atoms with Crippen molar-refractivity contribution in [2.24, 2.45) is 0 Å². The van der Waals surface area contributed by atoms with Crippen LogP contribution < -0.4 is 5.56 Å². The molecule has 0 aliphatic heterocycles. The molecular formula is C23H17ClN4O3S2. The molecule has 0 N–H and O–H groups in total. The van der Waals surface area contributed by atoms with Gasteiger partial charge in [-0.1, -0.05) is 48.0 Å². The highest BCUT2D eigenvalue weighted by atomic mass is 35.5. The van der Waals surface area contributed by atoms with Gasteiger partial charge in [0.1, 0.15) is 0 Å². The predicted octanol–water partition coefficient (Wildman–Crippen LogP) is 4.54. The number of thiophene rings is 1. The SMILES string of the molecule is Cc1c(Cl)cccc1-n1ccn2c(S(=O)(=O)Cc3ccccc3-c3cccs3)nnc2c1=O. The number of benzene rings is 2. The van der Waals surface area contributed by atoms with Crippen LogP contribution in [-0.2, 0) is 15.6 Å². The number of halogens is 1. The maximum absolute atomic E-state index is 13.3. The minimum Gasteiger partial charge on any atom is -0.279 e. The summed E-state index contributed by atoms with van der Waals surface area (Å²) in [6, 6.07) is 16.5. The third-order valence-electron chi connectivity index (χ3n) is 5.37. The Bertz CT molecular complexity index is 1660. The van der Waals surface area contributed by atoms with E-state index in [-0.39, 0.29) is 16.6 Å². The fourth-order valence-corrected chi connectivity index (χ4v) is 6.07. The first kappa shape index (κ1) is 21.6. The van der Waals surface area contributed by atoms with Crippen molar-refractivity contribution in [3.05, 3.63) is 98.9 Å². The molecule has 3 aromatic heterocycles. The van der Waals surface area contributed by atoms with E-state index < -0.39 is 15.4 Å². The summed E-state index contributed by atoms with van der Waals surface area (Å²) in [4.78, 5) is 14.1. The van der Waals surface area contributed by atoms with E-state index in [4.69, 9.17) is 11.6 Å². The molecular weight excluding hydrogens is 480 g/mol. The molecule has 0 spiro atoms. The lowest BCUT2D eigenvalue weighted by Crippen LogP contribution is -2.21. The molecule has 0 atom stereocenters. The molecule has 5 rings (SSSR count). The Morgan fingerprint density at radius 3 is 2.61 bits per heavy atom. The van der Waals surface area contributed by atoms with Crippen LogP contribution in [0, 0.1) is 6.92 Å². The fourth-order valence-electron chi connectivity index (χ4n) is 3.71. The van der Waals surface area contributed by atoms with Gasteiger partial charge in [0.25, 0.3) is 5.16 Å². The second-order valence-corrected chi connectivity index (χ2v) is 10.7. The largest absolute Gasteiger partial charge is 0.300 e. The first-order valence-corrected chi connectivity index (χ1v) is 12.8. The van der Waals surface area contributed by atoms with E-state index >= 15 is 0 Å². The number of nitrogens with zero attached hydrogens (tertiary/aromatic N) is 4. The van der Waals surface area contributed by atoms with Crippen molar-refractivity contribution in [2.45, 2.75) is 17.8 Å². The molecule has 33 heavy (non-hydrogen) atoms. The lowest BCUT2D eigenvalue weighted by Gasteiger charge is -2.11.